The number of hydrogen-bond acceptors (Lipinski definition) is 10. The first-order valence-electron chi connectivity index (χ1n) is 16.0. The third-order valence-electron chi connectivity index (χ3n) is 6.88. The average molecular weight is 647 g/mol. The molecule has 0 saturated carbocycles. The Bertz CT molecular complexity index is 930. The lowest BCUT2D eigenvalue weighted by Gasteiger charge is -2.13. The Morgan fingerprint density at radius 3 is 1.14 bits per heavy atom. The summed E-state index contributed by atoms with van der Waals surface area (Å²) in [6.07, 6.45) is 18.5. The predicted octanol–water partition coefficient (Wildman–Crippen LogP) is 6.20. The zero-order valence-electron chi connectivity index (χ0n) is 26.3. The molecule has 0 radical (unpaired) electrons. The second-order valence-electron chi connectivity index (χ2n) is 10.7. The minimum absolute atomic E-state index is 0.00842. The van der Waals surface area contributed by atoms with Crippen molar-refractivity contribution in [1.29, 1.82) is 0 Å². The SMILES string of the molecule is C=CC(=O)OCCCCCCCCCCCOC(=O)CC(C(=O)OCCCCCCCCCCCOC(=O)C=C)S(=O)(=O)O. The molecule has 0 spiro atoms. The quantitative estimate of drug-likeness (QED) is 0.0311. The van der Waals surface area contributed by atoms with Gasteiger partial charge in [-0.25, -0.2) is 9.59 Å². The van der Waals surface area contributed by atoms with E-state index in [2.05, 4.69) is 13.2 Å². The van der Waals surface area contributed by atoms with E-state index < -0.39 is 45.7 Å². The number of ether oxygens (including phenoxy) is 4. The average Bonchev–Trinajstić information content (AvgIpc) is 2.99. The smallest absolute Gasteiger partial charge is 0.330 e. The number of hydrogen-bond donors (Lipinski definition) is 1. The maximum Gasteiger partial charge on any atom is 0.330 e. The molecular weight excluding hydrogens is 592 g/mol. The zero-order valence-corrected chi connectivity index (χ0v) is 27.2. The summed E-state index contributed by atoms with van der Waals surface area (Å²) in [6.45, 7) is 7.64. The minimum Gasteiger partial charge on any atom is -0.466 e. The van der Waals surface area contributed by atoms with Gasteiger partial charge in [-0.15, -0.1) is 0 Å². The maximum atomic E-state index is 12.3. The lowest BCUT2D eigenvalue weighted by molar-refractivity contribution is -0.150. The van der Waals surface area contributed by atoms with Gasteiger partial charge >= 0.3 is 23.9 Å². The Labute approximate surface area is 263 Å². The van der Waals surface area contributed by atoms with Gasteiger partial charge in [0.05, 0.1) is 32.8 Å². The Morgan fingerprint density at radius 2 is 0.818 bits per heavy atom. The van der Waals surface area contributed by atoms with E-state index in [0.717, 1.165) is 115 Å². The van der Waals surface area contributed by atoms with Gasteiger partial charge < -0.3 is 18.9 Å². The van der Waals surface area contributed by atoms with Crippen molar-refractivity contribution >= 4 is 34.0 Å². The van der Waals surface area contributed by atoms with Crippen molar-refractivity contribution in [3.05, 3.63) is 25.3 Å². The Balaban J connectivity index is 3.84. The van der Waals surface area contributed by atoms with E-state index in [-0.39, 0.29) is 13.2 Å². The van der Waals surface area contributed by atoms with Gasteiger partial charge in [-0.05, 0) is 25.7 Å². The molecule has 254 valence electrons. The molecule has 0 bridgehead atoms. The van der Waals surface area contributed by atoms with Gasteiger partial charge in [-0.1, -0.05) is 103 Å². The summed E-state index contributed by atoms with van der Waals surface area (Å²) in [5.41, 5.74) is 0. The molecule has 12 heteroatoms. The van der Waals surface area contributed by atoms with Crippen LogP contribution in [0.1, 0.15) is 122 Å². The fourth-order valence-electron chi connectivity index (χ4n) is 4.32. The van der Waals surface area contributed by atoms with Gasteiger partial charge in [-0.2, -0.15) is 8.42 Å². The van der Waals surface area contributed by atoms with Crippen LogP contribution in [0, 0.1) is 0 Å². The van der Waals surface area contributed by atoms with Crippen molar-refractivity contribution in [1.82, 2.24) is 0 Å². The van der Waals surface area contributed by atoms with Crippen LogP contribution in [0.25, 0.3) is 0 Å². The summed E-state index contributed by atoms with van der Waals surface area (Å²) < 4.78 is 52.7. The van der Waals surface area contributed by atoms with Gasteiger partial charge in [0.1, 0.15) is 0 Å². The molecule has 0 amide bonds. The zero-order chi connectivity index (χ0) is 32.9. The summed E-state index contributed by atoms with van der Waals surface area (Å²) in [5.74, 6) is -2.82. The summed E-state index contributed by atoms with van der Waals surface area (Å²) in [6, 6.07) is 0. The summed E-state index contributed by atoms with van der Waals surface area (Å²) in [7, 11) is -4.82. The standard InChI is InChI=1S/C32H54O11S/c1-3-29(33)40-23-19-15-11-7-5-9-13-17-21-25-42-31(35)27-28(44(37,38)39)32(36)43-26-22-18-14-10-6-8-12-16-20-24-41-30(34)4-2/h3-4,28H,1-2,5-27H2,(H,37,38,39). The summed E-state index contributed by atoms with van der Waals surface area (Å²) in [5, 5.41) is -2.00. The molecule has 0 rings (SSSR count). The van der Waals surface area contributed by atoms with E-state index in [9.17, 15) is 32.1 Å². The van der Waals surface area contributed by atoms with Crippen LogP contribution < -0.4 is 0 Å². The maximum absolute atomic E-state index is 12.3. The number of esters is 4. The summed E-state index contributed by atoms with van der Waals surface area (Å²) >= 11 is 0. The van der Waals surface area contributed by atoms with Crippen molar-refractivity contribution in [2.24, 2.45) is 0 Å². The molecule has 0 aliphatic rings. The highest BCUT2D eigenvalue weighted by molar-refractivity contribution is 7.87. The van der Waals surface area contributed by atoms with Crippen molar-refractivity contribution in [2.45, 2.75) is 127 Å². The Hall–Kier alpha value is -2.73. The molecule has 1 unspecified atom stereocenters. The third-order valence-corrected chi connectivity index (χ3v) is 7.96. The molecule has 0 aromatic carbocycles. The molecular formula is C32H54O11S. The number of carbonyl (C=O) groups excluding carboxylic acids is 4. The summed E-state index contributed by atoms with van der Waals surface area (Å²) in [4.78, 5) is 46.2. The van der Waals surface area contributed by atoms with E-state index in [4.69, 9.17) is 18.9 Å². The van der Waals surface area contributed by atoms with Gasteiger partial charge in [0, 0.05) is 12.2 Å². The lowest BCUT2D eigenvalue weighted by atomic mass is 10.1. The largest absolute Gasteiger partial charge is 0.466 e. The van der Waals surface area contributed by atoms with Crippen LogP contribution in [0.4, 0.5) is 0 Å². The first-order valence-corrected chi connectivity index (χ1v) is 17.5. The van der Waals surface area contributed by atoms with Crippen LogP contribution >= 0.6 is 0 Å². The second-order valence-corrected chi connectivity index (χ2v) is 12.3. The van der Waals surface area contributed by atoms with E-state index in [1.165, 1.54) is 0 Å². The predicted molar refractivity (Wildman–Crippen MR) is 167 cm³/mol. The highest BCUT2D eigenvalue weighted by Crippen LogP contribution is 2.13. The van der Waals surface area contributed by atoms with E-state index >= 15 is 0 Å². The van der Waals surface area contributed by atoms with Crippen LogP contribution in [0.2, 0.25) is 0 Å². The van der Waals surface area contributed by atoms with Crippen LogP contribution in [0.3, 0.4) is 0 Å². The molecule has 11 nitrogen and oxygen atoms in total. The topological polar surface area (TPSA) is 160 Å². The van der Waals surface area contributed by atoms with Crippen LogP contribution in [-0.4, -0.2) is 68.5 Å². The molecule has 0 aliphatic heterocycles. The van der Waals surface area contributed by atoms with Gasteiger partial charge in [0.2, 0.25) is 0 Å². The van der Waals surface area contributed by atoms with Crippen molar-refractivity contribution in [3.8, 4) is 0 Å². The van der Waals surface area contributed by atoms with Crippen molar-refractivity contribution in [3.63, 3.8) is 0 Å². The second kappa shape index (κ2) is 27.8. The third kappa shape index (κ3) is 25.7. The minimum atomic E-state index is -4.82. The van der Waals surface area contributed by atoms with Crippen molar-refractivity contribution < 1.29 is 51.1 Å². The lowest BCUT2D eigenvalue weighted by Crippen LogP contribution is -2.34. The highest BCUT2D eigenvalue weighted by atomic mass is 32.2. The highest BCUT2D eigenvalue weighted by Gasteiger charge is 2.35. The molecule has 0 saturated heterocycles. The van der Waals surface area contributed by atoms with E-state index in [1.54, 1.807) is 0 Å². The molecule has 0 heterocycles. The number of rotatable bonds is 30. The monoisotopic (exact) mass is 646 g/mol. The molecule has 0 fully saturated rings. The molecule has 0 aromatic heterocycles. The fraction of sp³-hybridized carbons (Fsp3) is 0.750. The van der Waals surface area contributed by atoms with Crippen LogP contribution in [-0.2, 0) is 48.2 Å². The van der Waals surface area contributed by atoms with Gasteiger partial charge in [-0.3, -0.25) is 14.1 Å². The first kappa shape index (κ1) is 41.3. The first-order chi connectivity index (χ1) is 21.1. The molecule has 44 heavy (non-hydrogen) atoms. The molecule has 0 aliphatic carbocycles. The Morgan fingerprint density at radius 1 is 0.523 bits per heavy atom. The van der Waals surface area contributed by atoms with Gasteiger partial charge in [0.15, 0.2) is 5.25 Å². The van der Waals surface area contributed by atoms with Crippen molar-refractivity contribution in [2.75, 3.05) is 26.4 Å². The van der Waals surface area contributed by atoms with E-state index in [0.29, 0.717) is 26.1 Å². The van der Waals surface area contributed by atoms with Gasteiger partial charge in [0.25, 0.3) is 10.1 Å². The molecule has 0 aromatic rings. The fourth-order valence-corrected chi connectivity index (χ4v) is 4.98. The number of unbranched alkanes of at least 4 members (excludes halogenated alkanes) is 16. The molecule has 1 N–H and O–H groups in total. The molecule has 1 atom stereocenters. The number of carbonyl (C=O) groups is 4. The van der Waals surface area contributed by atoms with E-state index in [1.807, 2.05) is 0 Å². The normalized spacial score (nSPS) is 11.8. The Kier molecular flexibility index (Phi) is 26.1. The van der Waals surface area contributed by atoms with Crippen LogP contribution in [0.15, 0.2) is 25.3 Å². The van der Waals surface area contributed by atoms with Crippen LogP contribution in [0.5, 0.6) is 0 Å².